The Balaban J connectivity index is 2.09. The summed E-state index contributed by atoms with van der Waals surface area (Å²) in [6.45, 7) is 3.39. The molecule has 1 atom stereocenters. The standard InChI is InChI=1S/C14H16N4O2S2/c1-8-6-4-5-7-10(8)16-13-17-18-14(22-13)21-11(9(2)19)12(20)15-3/h4-7,11H,1-3H3,(H,15,20)(H,16,17). The van der Waals surface area contributed by atoms with Crippen LogP contribution in [-0.2, 0) is 9.59 Å². The van der Waals surface area contributed by atoms with Crippen molar-refractivity contribution in [3.05, 3.63) is 29.8 Å². The molecule has 0 saturated carbocycles. The molecule has 2 rings (SSSR count). The molecule has 0 radical (unpaired) electrons. The van der Waals surface area contributed by atoms with E-state index in [-0.39, 0.29) is 11.7 Å². The van der Waals surface area contributed by atoms with Crippen molar-refractivity contribution in [1.29, 1.82) is 0 Å². The molecule has 6 nitrogen and oxygen atoms in total. The molecule has 0 aliphatic rings. The quantitative estimate of drug-likeness (QED) is 0.622. The molecular formula is C14H16N4O2S2. The van der Waals surface area contributed by atoms with Gasteiger partial charge in [-0.1, -0.05) is 41.3 Å². The van der Waals surface area contributed by atoms with Crippen LogP contribution in [0, 0.1) is 6.92 Å². The lowest BCUT2D eigenvalue weighted by molar-refractivity contribution is -0.126. The maximum Gasteiger partial charge on any atom is 0.240 e. The average Bonchev–Trinajstić information content (AvgIpc) is 2.93. The third kappa shape index (κ3) is 4.05. The highest BCUT2D eigenvalue weighted by atomic mass is 32.2. The van der Waals surface area contributed by atoms with Crippen LogP contribution in [0.4, 0.5) is 10.8 Å². The number of benzene rings is 1. The van der Waals surface area contributed by atoms with Gasteiger partial charge in [-0.3, -0.25) is 9.59 Å². The number of amides is 1. The van der Waals surface area contributed by atoms with Crippen molar-refractivity contribution >= 4 is 45.6 Å². The number of anilines is 2. The van der Waals surface area contributed by atoms with E-state index >= 15 is 0 Å². The van der Waals surface area contributed by atoms with E-state index in [0.717, 1.165) is 23.0 Å². The normalized spacial score (nSPS) is 11.8. The summed E-state index contributed by atoms with van der Waals surface area (Å²) >= 11 is 2.42. The van der Waals surface area contributed by atoms with Crippen LogP contribution in [-0.4, -0.2) is 34.2 Å². The van der Waals surface area contributed by atoms with Crippen molar-refractivity contribution in [2.45, 2.75) is 23.4 Å². The number of nitrogens with one attached hydrogen (secondary N) is 2. The Kier molecular flexibility index (Phi) is 5.51. The first kappa shape index (κ1) is 16.4. The monoisotopic (exact) mass is 336 g/mol. The summed E-state index contributed by atoms with van der Waals surface area (Å²) in [7, 11) is 1.50. The number of aryl methyl sites for hydroxylation is 1. The van der Waals surface area contributed by atoms with Crippen LogP contribution >= 0.6 is 23.1 Å². The van der Waals surface area contributed by atoms with Crippen LogP contribution in [0.25, 0.3) is 0 Å². The molecule has 0 bridgehead atoms. The lowest BCUT2D eigenvalue weighted by Crippen LogP contribution is -2.34. The Morgan fingerprint density at radius 2 is 2.00 bits per heavy atom. The maximum absolute atomic E-state index is 11.7. The van der Waals surface area contributed by atoms with Crippen molar-refractivity contribution in [2.24, 2.45) is 0 Å². The summed E-state index contributed by atoms with van der Waals surface area (Å²) in [5, 5.41) is 13.5. The summed E-state index contributed by atoms with van der Waals surface area (Å²) in [4.78, 5) is 23.2. The van der Waals surface area contributed by atoms with Crippen molar-refractivity contribution in [2.75, 3.05) is 12.4 Å². The molecule has 1 amide bonds. The van der Waals surface area contributed by atoms with E-state index in [4.69, 9.17) is 0 Å². The van der Waals surface area contributed by atoms with Gasteiger partial charge < -0.3 is 10.6 Å². The zero-order valence-electron chi connectivity index (χ0n) is 12.4. The SMILES string of the molecule is CNC(=O)C(Sc1nnc(Nc2ccccc2C)s1)C(C)=O. The van der Waals surface area contributed by atoms with Gasteiger partial charge in [-0.15, -0.1) is 10.2 Å². The molecule has 0 fully saturated rings. The number of nitrogens with zero attached hydrogens (tertiary/aromatic N) is 2. The first-order valence-electron chi connectivity index (χ1n) is 6.56. The zero-order chi connectivity index (χ0) is 16.1. The summed E-state index contributed by atoms with van der Waals surface area (Å²) < 4.78 is 0.569. The first-order chi connectivity index (χ1) is 10.5. The molecule has 1 aromatic carbocycles. The maximum atomic E-state index is 11.7. The second-order valence-corrected chi connectivity index (χ2v) is 6.87. The zero-order valence-corrected chi connectivity index (χ0v) is 14.0. The fraction of sp³-hybridized carbons (Fsp3) is 0.286. The molecule has 2 aromatic rings. The second kappa shape index (κ2) is 7.37. The summed E-state index contributed by atoms with van der Waals surface area (Å²) in [5.74, 6) is -0.547. The number of thioether (sulfide) groups is 1. The van der Waals surface area contributed by atoms with E-state index in [0.29, 0.717) is 9.47 Å². The topological polar surface area (TPSA) is 84.0 Å². The van der Waals surface area contributed by atoms with Crippen LogP contribution in [0.15, 0.2) is 28.6 Å². The second-order valence-electron chi connectivity index (χ2n) is 4.54. The third-order valence-corrected chi connectivity index (χ3v) is 5.10. The van der Waals surface area contributed by atoms with Gasteiger partial charge in [0.25, 0.3) is 0 Å². The van der Waals surface area contributed by atoms with Gasteiger partial charge in [-0.25, -0.2) is 0 Å². The molecule has 0 saturated heterocycles. The number of hydrogen-bond acceptors (Lipinski definition) is 7. The van der Waals surface area contributed by atoms with Gasteiger partial charge in [0.15, 0.2) is 10.1 Å². The number of Topliss-reactive ketones (excluding diaryl/α,β-unsaturated/α-hetero) is 1. The van der Waals surface area contributed by atoms with Crippen LogP contribution in [0.5, 0.6) is 0 Å². The highest BCUT2D eigenvalue weighted by Crippen LogP contribution is 2.31. The molecule has 1 unspecified atom stereocenters. The van der Waals surface area contributed by atoms with Crippen LogP contribution in [0.1, 0.15) is 12.5 Å². The van der Waals surface area contributed by atoms with Gasteiger partial charge in [0.2, 0.25) is 11.0 Å². The number of para-hydroxylation sites is 1. The fourth-order valence-electron chi connectivity index (χ4n) is 1.69. The summed E-state index contributed by atoms with van der Waals surface area (Å²) in [5.41, 5.74) is 2.04. The minimum atomic E-state index is -0.802. The molecule has 22 heavy (non-hydrogen) atoms. The molecule has 1 aromatic heterocycles. The number of hydrogen-bond donors (Lipinski definition) is 2. The lowest BCUT2D eigenvalue weighted by Gasteiger charge is -2.08. The fourth-order valence-corrected chi connectivity index (χ4v) is 3.58. The van der Waals surface area contributed by atoms with E-state index in [1.807, 2.05) is 31.2 Å². The molecule has 0 aliphatic heterocycles. The molecule has 8 heteroatoms. The Morgan fingerprint density at radius 1 is 1.27 bits per heavy atom. The van der Waals surface area contributed by atoms with Crippen molar-refractivity contribution in [1.82, 2.24) is 15.5 Å². The predicted octanol–water partition coefficient (Wildman–Crippen LogP) is 2.39. The Hall–Kier alpha value is -1.93. The first-order valence-corrected chi connectivity index (χ1v) is 8.25. The number of ketones is 1. The van der Waals surface area contributed by atoms with Gasteiger partial charge in [-0.2, -0.15) is 0 Å². The van der Waals surface area contributed by atoms with Crippen LogP contribution < -0.4 is 10.6 Å². The van der Waals surface area contributed by atoms with Crippen molar-refractivity contribution in [3.8, 4) is 0 Å². The molecule has 1 heterocycles. The highest BCUT2D eigenvalue weighted by molar-refractivity contribution is 8.03. The predicted molar refractivity (Wildman–Crippen MR) is 88.8 cm³/mol. The molecule has 0 spiro atoms. The Labute approximate surface area is 136 Å². The highest BCUT2D eigenvalue weighted by Gasteiger charge is 2.25. The van der Waals surface area contributed by atoms with Gasteiger partial charge in [0.05, 0.1) is 0 Å². The van der Waals surface area contributed by atoms with Crippen molar-refractivity contribution < 1.29 is 9.59 Å². The van der Waals surface area contributed by atoms with E-state index in [2.05, 4.69) is 20.8 Å². The van der Waals surface area contributed by atoms with Gasteiger partial charge in [-0.05, 0) is 25.5 Å². The molecule has 2 N–H and O–H groups in total. The Bertz CT molecular complexity index is 687. The minimum Gasteiger partial charge on any atom is -0.358 e. The number of aromatic nitrogens is 2. The number of carbonyl (C=O) groups excluding carboxylic acids is 2. The van der Waals surface area contributed by atoms with Gasteiger partial charge >= 0.3 is 0 Å². The average molecular weight is 336 g/mol. The molecule has 0 aliphatic carbocycles. The van der Waals surface area contributed by atoms with E-state index in [9.17, 15) is 9.59 Å². The van der Waals surface area contributed by atoms with Crippen LogP contribution in [0.2, 0.25) is 0 Å². The lowest BCUT2D eigenvalue weighted by atomic mass is 10.2. The van der Waals surface area contributed by atoms with Crippen molar-refractivity contribution in [3.63, 3.8) is 0 Å². The number of rotatable bonds is 6. The van der Waals surface area contributed by atoms with Gasteiger partial charge in [0, 0.05) is 12.7 Å². The molecular weight excluding hydrogens is 320 g/mol. The largest absolute Gasteiger partial charge is 0.358 e. The van der Waals surface area contributed by atoms with Gasteiger partial charge in [0.1, 0.15) is 5.25 Å². The summed E-state index contributed by atoms with van der Waals surface area (Å²) in [6, 6.07) is 7.84. The van der Waals surface area contributed by atoms with E-state index in [1.54, 1.807) is 0 Å². The van der Waals surface area contributed by atoms with Crippen LogP contribution in [0.3, 0.4) is 0 Å². The van der Waals surface area contributed by atoms with E-state index < -0.39 is 5.25 Å². The minimum absolute atomic E-state index is 0.215. The smallest absolute Gasteiger partial charge is 0.240 e. The Morgan fingerprint density at radius 3 is 2.64 bits per heavy atom. The number of carbonyl (C=O) groups is 2. The van der Waals surface area contributed by atoms with E-state index in [1.165, 1.54) is 25.3 Å². The third-order valence-electron chi connectivity index (χ3n) is 2.87. The summed E-state index contributed by atoms with van der Waals surface area (Å²) in [6.07, 6.45) is 0. The molecule has 116 valence electrons.